The highest BCUT2D eigenvalue weighted by atomic mass is 32.1. The number of carbonyl (C=O) groups is 1. The maximum atomic E-state index is 11.5. The van der Waals surface area contributed by atoms with Gasteiger partial charge in [-0.15, -0.1) is 11.3 Å². The topological polar surface area (TPSA) is 186 Å². The number of nitrogens with zero attached hydrogens (tertiary/aromatic N) is 7. The van der Waals surface area contributed by atoms with Crippen molar-refractivity contribution in [1.82, 2.24) is 25.4 Å². The first-order valence-corrected chi connectivity index (χ1v) is 12.3. The minimum Gasteiger partial charge on any atom is -0.393 e. The van der Waals surface area contributed by atoms with E-state index in [1.165, 1.54) is 24.5 Å². The Bertz CT molecular complexity index is 1500. The fourth-order valence-corrected chi connectivity index (χ4v) is 5.09. The van der Waals surface area contributed by atoms with E-state index in [4.69, 9.17) is 20.7 Å². The fourth-order valence-electron chi connectivity index (χ4n) is 4.07. The van der Waals surface area contributed by atoms with Crippen molar-refractivity contribution in [2.75, 3.05) is 42.3 Å². The fraction of sp³-hybridized carbons (Fsp3) is 0.261. The van der Waals surface area contributed by atoms with E-state index in [-0.39, 0.29) is 23.0 Å². The number of benzene rings is 1. The number of fused-ring (bicyclic) bond motifs is 1. The van der Waals surface area contributed by atoms with Crippen LogP contribution < -0.4 is 21.0 Å². The van der Waals surface area contributed by atoms with Crippen molar-refractivity contribution in [2.45, 2.75) is 12.6 Å². The van der Waals surface area contributed by atoms with Crippen molar-refractivity contribution in [3.8, 4) is 0 Å². The minimum absolute atomic E-state index is 0.108. The van der Waals surface area contributed by atoms with Gasteiger partial charge in [0.1, 0.15) is 11.8 Å². The van der Waals surface area contributed by atoms with Crippen LogP contribution in [0.1, 0.15) is 26.9 Å². The van der Waals surface area contributed by atoms with Crippen LogP contribution in [0.25, 0.3) is 10.2 Å². The summed E-state index contributed by atoms with van der Waals surface area (Å²) in [4.78, 5) is 44.8. The van der Waals surface area contributed by atoms with Gasteiger partial charge in [0, 0.05) is 36.9 Å². The molecule has 1 atom stereocenters. The second-order valence-corrected chi connectivity index (χ2v) is 9.75. The highest BCUT2D eigenvalue weighted by Gasteiger charge is 2.26. The Morgan fingerprint density at radius 1 is 1.32 bits per heavy atom. The number of nitro groups is 1. The molecule has 0 spiro atoms. The molecule has 5 rings (SSSR count). The largest absolute Gasteiger partial charge is 0.393 e. The molecule has 4 aromatic rings. The summed E-state index contributed by atoms with van der Waals surface area (Å²) in [6.07, 6.45) is 4.07. The minimum atomic E-state index is -0.681. The number of carbonyl (C=O) groups excluding carboxylic acids is 1. The van der Waals surface area contributed by atoms with E-state index in [0.717, 1.165) is 15.1 Å². The molecule has 1 unspecified atom stereocenters. The monoisotopic (exact) mass is 537 g/mol. The van der Waals surface area contributed by atoms with Crippen LogP contribution in [0.2, 0.25) is 0 Å². The molecule has 196 valence electrons. The van der Waals surface area contributed by atoms with Crippen molar-refractivity contribution in [3.05, 3.63) is 69.0 Å². The summed E-state index contributed by atoms with van der Waals surface area (Å²) in [7, 11) is 1.83. The lowest BCUT2D eigenvalue weighted by Crippen LogP contribution is -2.39. The highest BCUT2D eigenvalue weighted by Crippen LogP contribution is 2.31. The lowest BCUT2D eigenvalue weighted by atomic mass is 10.1. The van der Waals surface area contributed by atoms with Crippen LogP contribution in [0.3, 0.4) is 0 Å². The van der Waals surface area contributed by atoms with Gasteiger partial charge in [-0.05, 0) is 17.7 Å². The molecule has 0 aliphatic carbocycles. The van der Waals surface area contributed by atoms with E-state index >= 15 is 0 Å². The molecule has 0 bridgehead atoms. The standard InChI is InChI=1S/C23H23N9O5S/c1-30(22-25-8-14(9-26-22)21(33)29-34)11-15-7-17-20(38-15)10-27-23(28-17)31-4-5-37-19(12-31)13-2-3-16(24)18(6-13)32(35)36/h2-3,6-10,19,34H,4-5,11-12,24H2,1H3,(H,29,33). The van der Waals surface area contributed by atoms with Gasteiger partial charge in [0.05, 0.1) is 46.6 Å². The van der Waals surface area contributed by atoms with Gasteiger partial charge in [0.15, 0.2) is 0 Å². The molecule has 15 heteroatoms. The summed E-state index contributed by atoms with van der Waals surface area (Å²) in [5.74, 6) is 0.292. The number of amides is 1. The lowest BCUT2D eigenvalue weighted by molar-refractivity contribution is -0.384. The average Bonchev–Trinajstić information content (AvgIpc) is 3.34. The van der Waals surface area contributed by atoms with Gasteiger partial charge >= 0.3 is 0 Å². The maximum absolute atomic E-state index is 11.5. The number of nitrogens with one attached hydrogen (secondary N) is 1. The van der Waals surface area contributed by atoms with Gasteiger partial charge in [-0.3, -0.25) is 20.1 Å². The van der Waals surface area contributed by atoms with E-state index in [1.54, 1.807) is 29.1 Å². The third-order valence-electron chi connectivity index (χ3n) is 6.02. The van der Waals surface area contributed by atoms with Crippen LogP contribution >= 0.6 is 11.3 Å². The van der Waals surface area contributed by atoms with Crippen molar-refractivity contribution in [3.63, 3.8) is 0 Å². The molecular formula is C23H23N9O5S. The molecule has 1 fully saturated rings. The zero-order chi connectivity index (χ0) is 26.8. The van der Waals surface area contributed by atoms with Gasteiger partial charge in [0.25, 0.3) is 11.6 Å². The second kappa shape index (κ2) is 10.5. The Kier molecular flexibility index (Phi) is 6.95. The first-order valence-electron chi connectivity index (χ1n) is 11.5. The van der Waals surface area contributed by atoms with E-state index in [9.17, 15) is 14.9 Å². The molecule has 1 amide bonds. The quantitative estimate of drug-likeness (QED) is 0.135. The third-order valence-corrected chi connectivity index (χ3v) is 7.06. The number of hydrogen-bond acceptors (Lipinski definition) is 13. The molecule has 3 aromatic heterocycles. The predicted molar refractivity (Wildman–Crippen MR) is 139 cm³/mol. The summed E-state index contributed by atoms with van der Waals surface area (Å²) < 4.78 is 6.81. The van der Waals surface area contributed by atoms with Crippen molar-refractivity contribution in [2.24, 2.45) is 0 Å². The van der Waals surface area contributed by atoms with Gasteiger partial charge in [-0.25, -0.2) is 25.4 Å². The molecule has 0 radical (unpaired) electrons. The predicted octanol–water partition coefficient (Wildman–Crippen LogP) is 2.30. The van der Waals surface area contributed by atoms with Crippen LogP contribution in [0.15, 0.2) is 42.9 Å². The number of hydrogen-bond donors (Lipinski definition) is 3. The van der Waals surface area contributed by atoms with Gasteiger partial charge < -0.3 is 20.3 Å². The molecule has 0 saturated carbocycles. The van der Waals surface area contributed by atoms with Gasteiger partial charge in [0.2, 0.25) is 11.9 Å². The number of nitro benzene ring substituents is 1. The Morgan fingerprint density at radius 3 is 2.84 bits per heavy atom. The molecule has 1 saturated heterocycles. The Morgan fingerprint density at radius 2 is 2.11 bits per heavy atom. The van der Waals surface area contributed by atoms with Crippen LogP contribution in [0.5, 0.6) is 0 Å². The van der Waals surface area contributed by atoms with E-state index < -0.39 is 10.8 Å². The van der Waals surface area contributed by atoms with Gasteiger partial charge in [-0.2, -0.15) is 0 Å². The van der Waals surface area contributed by atoms with Gasteiger partial charge in [-0.1, -0.05) is 6.07 Å². The van der Waals surface area contributed by atoms with E-state index in [1.807, 2.05) is 22.9 Å². The average molecular weight is 538 g/mol. The molecule has 1 aromatic carbocycles. The van der Waals surface area contributed by atoms with Crippen molar-refractivity contribution < 1.29 is 19.7 Å². The highest BCUT2D eigenvalue weighted by molar-refractivity contribution is 7.19. The Hall–Kier alpha value is -4.47. The first-order chi connectivity index (χ1) is 18.3. The number of aromatic nitrogens is 4. The Balaban J connectivity index is 1.30. The zero-order valence-corrected chi connectivity index (χ0v) is 21.0. The number of nitrogens with two attached hydrogens (primary N) is 1. The molecule has 1 aliphatic heterocycles. The summed E-state index contributed by atoms with van der Waals surface area (Å²) in [5.41, 5.74) is 8.86. The number of rotatable bonds is 7. The second-order valence-electron chi connectivity index (χ2n) is 8.58. The lowest BCUT2D eigenvalue weighted by Gasteiger charge is -2.33. The molecule has 4 heterocycles. The van der Waals surface area contributed by atoms with Crippen LogP contribution in [-0.4, -0.2) is 62.7 Å². The van der Waals surface area contributed by atoms with Crippen LogP contribution in [0, 0.1) is 10.1 Å². The molecule has 14 nitrogen and oxygen atoms in total. The molecule has 38 heavy (non-hydrogen) atoms. The van der Waals surface area contributed by atoms with Crippen molar-refractivity contribution in [1.29, 1.82) is 0 Å². The maximum Gasteiger partial charge on any atom is 0.292 e. The zero-order valence-electron chi connectivity index (χ0n) is 20.1. The Labute approximate surface area is 219 Å². The number of ether oxygens (including phenoxy) is 1. The van der Waals surface area contributed by atoms with E-state index in [0.29, 0.717) is 43.7 Å². The van der Waals surface area contributed by atoms with Crippen molar-refractivity contribution >= 4 is 50.7 Å². The summed E-state index contributed by atoms with van der Waals surface area (Å²) >= 11 is 1.55. The summed E-state index contributed by atoms with van der Waals surface area (Å²) in [5, 5.41) is 20.0. The van der Waals surface area contributed by atoms with Crippen LogP contribution in [-0.2, 0) is 11.3 Å². The molecular weight excluding hydrogens is 514 g/mol. The number of nitrogen functional groups attached to an aromatic ring is 1. The van der Waals surface area contributed by atoms with Crippen LogP contribution in [0.4, 0.5) is 23.3 Å². The molecule has 4 N–H and O–H groups in total. The van der Waals surface area contributed by atoms with E-state index in [2.05, 4.69) is 15.0 Å². The molecule has 1 aliphatic rings. The number of hydroxylamine groups is 1. The summed E-state index contributed by atoms with van der Waals surface area (Å²) in [6.45, 7) is 1.95. The first kappa shape index (κ1) is 25.2. The summed E-state index contributed by atoms with van der Waals surface area (Å²) in [6, 6.07) is 6.69. The number of morpholine rings is 1. The SMILES string of the molecule is CN(Cc1cc2nc(N3CCOC(c4ccc(N)c([N+](=O)[O-])c4)C3)ncc2s1)c1ncc(C(=O)NO)cn1. The number of thiophene rings is 1. The normalized spacial score (nSPS) is 15.4. The smallest absolute Gasteiger partial charge is 0.292 e. The number of anilines is 3. The third kappa shape index (κ3) is 5.15.